The summed E-state index contributed by atoms with van der Waals surface area (Å²) >= 11 is 1.61. The van der Waals surface area contributed by atoms with Crippen LogP contribution >= 0.6 is 11.8 Å². The van der Waals surface area contributed by atoms with Crippen LogP contribution in [0.25, 0.3) is 0 Å². The van der Waals surface area contributed by atoms with Crippen LogP contribution in [0.15, 0.2) is 65.6 Å². The number of anilines is 1. The first-order valence-electron chi connectivity index (χ1n) is 9.51. The summed E-state index contributed by atoms with van der Waals surface area (Å²) in [4.78, 5) is 24.4. The maximum atomic E-state index is 12.6. The Labute approximate surface area is 181 Å². The number of thioether (sulfide) groups is 1. The fourth-order valence-corrected chi connectivity index (χ4v) is 3.44. The minimum Gasteiger partial charge on any atom is -0.508 e. The first kappa shape index (κ1) is 23.3. The lowest BCUT2D eigenvalue weighted by atomic mass is 9.78. The zero-order chi connectivity index (χ0) is 22.1. The van der Waals surface area contributed by atoms with E-state index in [0.717, 1.165) is 16.5 Å². The number of phenols is 1. The van der Waals surface area contributed by atoms with E-state index in [9.17, 15) is 14.7 Å². The minimum absolute atomic E-state index is 0.123. The fraction of sp³-hybridized carbons (Fsp3) is 0.304. The quantitative estimate of drug-likeness (QED) is 0.342. The second-order valence-corrected chi connectivity index (χ2v) is 8.38. The predicted molar refractivity (Wildman–Crippen MR) is 119 cm³/mol. The molecule has 2 aromatic carbocycles. The van der Waals surface area contributed by atoms with Crippen LogP contribution in [0.1, 0.15) is 38.4 Å². The van der Waals surface area contributed by atoms with E-state index in [1.54, 1.807) is 42.1 Å². The number of hydrogen-bond donors (Lipinski definition) is 3. The lowest BCUT2D eigenvalue weighted by Crippen LogP contribution is -2.29. The summed E-state index contributed by atoms with van der Waals surface area (Å²) in [6.45, 7) is 3.92. The van der Waals surface area contributed by atoms with E-state index in [0.29, 0.717) is 18.5 Å². The van der Waals surface area contributed by atoms with Gasteiger partial charge in [-0.15, -0.1) is 11.8 Å². The lowest BCUT2D eigenvalue weighted by molar-refractivity contribution is -0.131. The molecule has 7 heteroatoms. The number of carboxylic acids is 1. The Morgan fingerprint density at radius 3 is 2.33 bits per heavy atom. The van der Waals surface area contributed by atoms with Crippen LogP contribution in [0.4, 0.5) is 10.5 Å². The fourth-order valence-electron chi connectivity index (χ4n) is 3.03. The van der Waals surface area contributed by atoms with Crippen LogP contribution in [-0.2, 0) is 9.53 Å². The van der Waals surface area contributed by atoms with Crippen molar-refractivity contribution >= 4 is 29.5 Å². The molecule has 0 bridgehead atoms. The van der Waals surface area contributed by atoms with Gasteiger partial charge in [0, 0.05) is 22.1 Å². The standard InChI is InChI=1S/C23H27NO5S/c1-23(2,15-5-4-6-20(26)27)21(16-7-11-18(25)12-8-16)29-22(28)24-17-9-13-19(30-3)14-10-17/h4,6-14,21,25H,5,15H2,1-3H3,(H,24,28)(H,26,27)/b6-4+/t21-/m0/s1. The molecule has 0 spiro atoms. The van der Waals surface area contributed by atoms with E-state index in [-0.39, 0.29) is 5.75 Å². The topological polar surface area (TPSA) is 95.9 Å². The van der Waals surface area contributed by atoms with Gasteiger partial charge in [-0.25, -0.2) is 9.59 Å². The van der Waals surface area contributed by atoms with Gasteiger partial charge in [0.1, 0.15) is 11.9 Å². The maximum absolute atomic E-state index is 12.6. The number of carbonyl (C=O) groups excluding carboxylic acids is 1. The molecule has 0 aliphatic heterocycles. The smallest absolute Gasteiger partial charge is 0.412 e. The van der Waals surface area contributed by atoms with Crippen molar-refractivity contribution in [3.63, 3.8) is 0 Å². The highest BCUT2D eigenvalue weighted by Crippen LogP contribution is 2.41. The highest BCUT2D eigenvalue weighted by Gasteiger charge is 2.33. The molecule has 0 unspecified atom stereocenters. The van der Waals surface area contributed by atoms with E-state index in [1.165, 1.54) is 0 Å². The molecule has 0 radical (unpaired) electrons. The van der Waals surface area contributed by atoms with Crippen molar-refractivity contribution in [3.8, 4) is 5.75 Å². The third-order valence-electron chi connectivity index (χ3n) is 4.68. The van der Waals surface area contributed by atoms with Crippen LogP contribution in [-0.4, -0.2) is 28.5 Å². The molecule has 6 nitrogen and oxygen atoms in total. The molecular formula is C23H27NO5S. The average molecular weight is 430 g/mol. The van der Waals surface area contributed by atoms with Gasteiger partial charge in [-0.2, -0.15) is 0 Å². The number of carbonyl (C=O) groups is 2. The van der Waals surface area contributed by atoms with Crippen LogP contribution in [0.3, 0.4) is 0 Å². The molecule has 0 aliphatic rings. The van der Waals surface area contributed by atoms with Gasteiger partial charge < -0.3 is 14.9 Å². The summed E-state index contributed by atoms with van der Waals surface area (Å²) in [5, 5.41) is 21.1. The van der Waals surface area contributed by atoms with Crippen molar-refractivity contribution in [2.24, 2.45) is 5.41 Å². The molecule has 1 atom stereocenters. The number of nitrogens with one attached hydrogen (secondary N) is 1. The first-order chi connectivity index (χ1) is 14.2. The van der Waals surface area contributed by atoms with E-state index < -0.39 is 23.6 Å². The van der Waals surface area contributed by atoms with Crippen molar-refractivity contribution in [2.45, 2.75) is 37.7 Å². The van der Waals surface area contributed by atoms with E-state index in [1.807, 2.05) is 44.4 Å². The Kier molecular flexibility index (Phi) is 8.35. The molecule has 0 saturated heterocycles. The van der Waals surface area contributed by atoms with Crippen molar-refractivity contribution < 1.29 is 24.5 Å². The van der Waals surface area contributed by atoms with Gasteiger partial charge in [0.2, 0.25) is 0 Å². The van der Waals surface area contributed by atoms with Gasteiger partial charge in [0.05, 0.1) is 0 Å². The number of phenolic OH excluding ortho intramolecular Hbond substituents is 1. The highest BCUT2D eigenvalue weighted by atomic mass is 32.2. The third-order valence-corrected chi connectivity index (χ3v) is 5.43. The molecular weight excluding hydrogens is 402 g/mol. The third kappa shape index (κ3) is 7.15. The van der Waals surface area contributed by atoms with Crippen molar-refractivity contribution in [2.75, 3.05) is 11.6 Å². The number of rotatable bonds is 9. The summed E-state index contributed by atoms with van der Waals surface area (Å²) in [6.07, 6.45) is 4.61. The van der Waals surface area contributed by atoms with Gasteiger partial charge >= 0.3 is 12.1 Å². The van der Waals surface area contributed by atoms with Gasteiger partial charge in [-0.3, -0.25) is 5.32 Å². The van der Waals surface area contributed by atoms with Crippen molar-refractivity contribution in [1.82, 2.24) is 0 Å². The molecule has 3 N–H and O–H groups in total. The number of carboxylic acid groups (broad SMARTS) is 1. The Hall–Kier alpha value is -2.93. The number of aliphatic carboxylic acids is 1. The first-order valence-corrected chi connectivity index (χ1v) is 10.7. The SMILES string of the molecule is CSc1ccc(NC(=O)O[C@@H](c2ccc(O)cc2)C(C)(C)CC/C=C/C(=O)O)cc1. The number of aromatic hydroxyl groups is 1. The van der Waals surface area contributed by atoms with Gasteiger partial charge in [-0.1, -0.05) is 32.1 Å². The number of benzene rings is 2. The number of amides is 1. The molecule has 160 valence electrons. The summed E-state index contributed by atoms with van der Waals surface area (Å²) in [5.41, 5.74) is 0.886. The number of ether oxygens (including phenoxy) is 1. The number of allylic oxidation sites excluding steroid dienone is 1. The summed E-state index contributed by atoms with van der Waals surface area (Å²) in [7, 11) is 0. The molecule has 0 aromatic heterocycles. The minimum atomic E-state index is -0.994. The molecule has 0 fully saturated rings. The molecule has 2 aromatic rings. The maximum Gasteiger partial charge on any atom is 0.412 e. The number of hydrogen-bond acceptors (Lipinski definition) is 5. The summed E-state index contributed by atoms with van der Waals surface area (Å²) < 4.78 is 5.80. The van der Waals surface area contributed by atoms with Crippen LogP contribution in [0.5, 0.6) is 5.75 Å². The molecule has 0 heterocycles. The monoisotopic (exact) mass is 429 g/mol. The summed E-state index contributed by atoms with van der Waals surface area (Å²) in [5.74, 6) is -0.871. The predicted octanol–water partition coefficient (Wildman–Crippen LogP) is 5.85. The molecule has 2 rings (SSSR count). The Balaban J connectivity index is 2.16. The normalized spacial score (nSPS) is 12.5. The van der Waals surface area contributed by atoms with Gasteiger partial charge in [-0.05, 0) is 61.1 Å². The molecule has 0 aliphatic carbocycles. The Morgan fingerprint density at radius 1 is 1.13 bits per heavy atom. The molecule has 30 heavy (non-hydrogen) atoms. The van der Waals surface area contributed by atoms with Gasteiger partial charge in [0.15, 0.2) is 0 Å². The van der Waals surface area contributed by atoms with Crippen LogP contribution in [0.2, 0.25) is 0 Å². The zero-order valence-electron chi connectivity index (χ0n) is 17.3. The average Bonchev–Trinajstić information content (AvgIpc) is 2.70. The van der Waals surface area contributed by atoms with E-state index in [4.69, 9.17) is 9.84 Å². The highest BCUT2D eigenvalue weighted by molar-refractivity contribution is 7.98. The lowest BCUT2D eigenvalue weighted by Gasteiger charge is -2.34. The van der Waals surface area contributed by atoms with Crippen LogP contribution in [0, 0.1) is 5.41 Å². The second kappa shape index (κ2) is 10.7. The Bertz CT molecular complexity index is 875. The van der Waals surface area contributed by atoms with E-state index in [2.05, 4.69) is 5.32 Å². The van der Waals surface area contributed by atoms with Crippen molar-refractivity contribution in [3.05, 3.63) is 66.2 Å². The van der Waals surface area contributed by atoms with Gasteiger partial charge in [0.25, 0.3) is 0 Å². The zero-order valence-corrected chi connectivity index (χ0v) is 18.1. The molecule has 1 amide bonds. The molecule has 0 saturated carbocycles. The van der Waals surface area contributed by atoms with Crippen LogP contribution < -0.4 is 5.32 Å². The van der Waals surface area contributed by atoms with E-state index >= 15 is 0 Å². The summed E-state index contributed by atoms with van der Waals surface area (Å²) in [6, 6.07) is 14.0. The second-order valence-electron chi connectivity index (χ2n) is 7.50. The Morgan fingerprint density at radius 2 is 1.77 bits per heavy atom. The largest absolute Gasteiger partial charge is 0.508 e. The van der Waals surface area contributed by atoms with Crippen molar-refractivity contribution in [1.29, 1.82) is 0 Å².